The lowest BCUT2D eigenvalue weighted by Gasteiger charge is -2.20. The molecule has 0 saturated carbocycles. The number of aliphatic hydroxyl groups excluding tert-OH is 1. The molecule has 0 spiro atoms. The van der Waals surface area contributed by atoms with E-state index in [9.17, 15) is 5.11 Å². The van der Waals surface area contributed by atoms with Crippen molar-refractivity contribution in [2.75, 3.05) is 238 Å². The largest absolute Gasteiger partial charge is 0.489 e. The first-order valence-electron chi connectivity index (χ1n) is 38.2. The van der Waals surface area contributed by atoms with Crippen molar-refractivity contribution in [1.82, 2.24) is 0 Å². The molecule has 3 aromatic rings. The van der Waals surface area contributed by atoms with Crippen LogP contribution in [0, 0.1) is 0 Å². The molecule has 3 aromatic carbocycles. The molecule has 0 radical (unpaired) electrons. The van der Waals surface area contributed by atoms with Crippen LogP contribution in [0.5, 0.6) is 46.0 Å². The van der Waals surface area contributed by atoms with Gasteiger partial charge in [-0.25, -0.2) is 0 Å². The van der Waals surface area contributed by atoms with Gasteiger partial charge in [-0.05, 0) is 178 Å². The normalized spacial score (nSPS) is 12.5. The van der Waals surface area contributed by atoms with Crippen LogP contribution in [-0.4, -0.2) is 277 Å². The SMILES string of the molecule is CC(C)(C)OCCOCCOCCOc1cc(COc2cc(CO)cc(OCc3cc(OCCOCCOCCOC(C)(C)C)c(OCCOCCOCCOC(C)(C)C)c(OCCOCCOCCOC(C)(C)C)c3)c2)cc(OCCOCCOCCOC(C)(C)C)c1OCCOCCOCCOC(C)(C)C. The molecule has 0 heterocycles. The molecule has 1 N–H and O–H groups in total. The van der Waals surface area contributed by atoms with E-state index in [2.05, 4.69) is 0 Å². The second kappa shape index (κ2) is 56.5. The van der Waals surface area contributed by atoms with Crippen LogP contribution in [0.4, 0.5) is 0 Å². The fourth-order valence-electron chi connectivity index (χ4n) is 8.98. The van der Waals surface area contributed by atoms with Crippen molar-refractivity contribution in [3.05, 3.63) is 59.2 Å². The van der Waals surface area contributed by atoms with Crippen molar-refractivity contribution in [3.8, 4) is 46.0 Å². The Bertz CT molecular complexity index is 2410. The first kappa shape index (κ1) is 97.5. The summed E-state index contributed by atoms with van der Waals surface area (Å²) < 4.78 is 156. The van der Waals surface area contributed by atoms with Gasteiger partial charge < -0.3 is 128 Å². The lowest BCUT2D eigenvalue weighted by Crippen LogP contribution is -2.22. The molecule has 3 rings (SSSR count). The highest BCUT2D eigenvalue weighted by Crippen LogP contribution is 2.41. The first-order valence-corrected chi connectivity index (χ1v) is 38.2. The van der Waals surface area contributed by atoms with Crippen LogP contribution in [0.25, 0.3) is 0 Å². The van der Waals surface area contributed by atoms with E-state index in [0.717, 1.165) is 0 Å². The molecule has 0 fully saturated rings. The Balaban J connectivity index is 1.94. The third kappa shape index (κ3) is 55.7. The Labute approximate surface area is 646 Å². The minimum absolute atomic E-state index is 0.0336. The smallest absolute Gasteiger partial charge is 0.203 e. The van der Waals surface area contributed by atoms with E-state index < -0.39 is 0 Å². The molecule has 108 heavy (non-hydrogen) atoms. The summed E-state index contributed by atoms with van der Waals surface area (Å²) in [6.07, 6.45) is 0. The van der Waals surface area contributed by atoms with Crippen LogP contribution in [0.1, 0.15) is 141 Å². The summed E-state index contributed by atoms with van der Waals surface area (Å²) in [7, 11) is 0. The van der Waals surface area contributed by atoms with Crippen LogP contribution < -0.4 is 37.9 Å². The first-order chi connectivity index (χ1) is 51.4. The summed E-state index contributed by atoms with van der Waals surface area (Å²) in [5.74, 6) is 3.07. The standard InChI is InChI=1S/C81H140O27/c1-76(2,3)103-49-37-89-25-19-83-31-43-95-70-57-66(58-71(96-44-32-84-20-26-90-38-50-104-77(4,5)6)74(70)99-47-35-87-23-29-93-41-53-107-80(13,14)15)63-101-68-55-65(62-82)56-69(61-68)102-64-67-59-72(97-45-33-85-21-27-91-39-51-105-78(7,8)9)75(100-48-36-88-24-30-94-42-54-108-81(16,17)18)73(60-67)98-46-34-86-22-28-92-40-52-106-79(10,11)12/h55-61,82H,19-54,62-64H2,1-18H3. The van der Waals surface area contributed by atoms with Gasteiger partial charge in [0.2, 0.25) is 11.5 Å². The maximum Gasteiger partial charge on any atom is 0.203 e. The van der Waals surface area contributed by atoms with E-state index >= 15 is 0 Å². The van der Waals surface area contributed by atoms with E-state index in [4.69, 9.17) is 123 Å². The molecular weight excluding hydrogens is 1400 g/mol. The van der Waals surface area contributed by atoms with Crippen LogP contribution >= 0.6 is 0 Å². The third-order valence-electron chi connectivity index (χ3n) is 13.8. The highest BCUT2D eigenvalue weighted by atomic mass is 16.6. The molecule has 0 unspecified atom stereocenters. The molecule has 0 saturated heterocycles. The molecule has 0 amide bonds. The molecule has 27 heteroatoms. The maximum atomic E-state index is 10.6. The Hall–Kier alpha value is -4.70. The highest BCUT2D eigenvalue weighted by Gasteiger charge is 2.22. The number of aliphatic hydroxyl groups is 1. The predicted octanol–water partition coefficient (Wildman–Crippen LogP) is 11.7. The Kier molecular flexibility index (Phi) is 51.0. The van der Waals surface area contributed by atoms with Gasteiger partial charge in [-0.15, -0.1) is 0 Å². The Morgan fingerprint density at radius 1 is 0.194 bits per heavy atom. The van der Waals surface area contributed by atoms with Gasteiger partial charge in [0.25, 0.3) is 0 Å². The second-order valence-electron chi connectivity index (χ2n) is 30.6. The Morgan fingerprint density at radius 3 is 0.556 bits per heavy atom. The summed E-state index contributed by atoms with van der Waals surface area (Å²) in [6, 6.07) is 12.6. The minimum atomic E-state index is -0.302. The van der Waals surface area contributed by atoms with Crippen molar-refractivity contribution in [1.29, 1.82) is 0 Å². The molecule has 0 bridgehead atoms. The fraction of sp³-hybridized carbons (Fsp3) is 0.778. The second-order valence-corrected chi connectivity index (χ2v) is 30.6. The number of ether oxygens (including phenoxy) is 26. The van der Waals surface area contributed by atoms with Crippen molar-refractivity contribution in [3.63, 3.8) is 0 Å². The minimum Gasteiger partial charge on any atom is -0.489 e. The third-order valence-corrected chi connectivity index (χ3v) is 13.8. The molecule has 0 aliphatic carbocycles. The van der Waals surface area contributed by atoms with E-state index in [1.807, 2.05) is 149 Å². The van der Waals surface area contributed by atoms with E-state index in [-0.39, 0.29) is 133 Å². The van der Waals surface area contributed by atoms with Crippen LogP contribution in [0.15, 0.2) is 42.5 Å². The van der Waals surface area contributed by atoms with E-state index in [0.29, 0.717) is 221 Å². The average molecular weight is 1550 g/mol. The summed E-state index contributed by atoms with van der Waals surface area (Å²) in [4.78, 5) is 0. The van der Waals surface area contributed by atoms with Gasteiger partial charge in [-0.2, -0.15) is 0 Å². The maximum absolute atomic E-state index is 10.6. The van der Waals surface area contributed by atoms with Crippen molar-refractivity contribution in [2.45, 2.75) is 178 Å². The summed E-state index contributed by atoms with van der Waals surface area (Å²) in [5, 5.41) is 10.6. The molecule has 626 valence electrons. The van der Waals surface area contributed by atoms with Gasteiger partial charge in [-0.1, -0.05) is 0 Å². The lowest BCUT2D eigenvalue weighted by atomic mass is 10.1. The van der Waals surface area contributed by atoms with Gasteiger partial charge >= 0.3 is 0 Å². The average Bonchev–Trinajstić information content (AvgIpc) is 0.825. The number of hydrogen-bond donors (Lipinski definition) is 1. The number of benzene rings is 3. The fourth-order valence-corrected chi connectivity index (χ4v) is 8.98. The van der Waals surface area contributed by atoms with Gasteiger partial charge in [0.1, 0.15) is 64.4 Å². The highest BCUT2D eigenvalue weighted by molar-refractivity contribution is 5.55. The number of hydrogen-bond acceptors (Lipinski definition) is 27. The Morgan fingerprint density at radius 2 is 0.370 bits per heavy atom. The molecular formula is C81H140O27. The van der Waals surface area contributed by atoms with Crippen LogP contribution in [0.2, 0.25) is 0 Å². The van der Waals surface area contributed by atoms with Crippen LogP contribution in [-0.2, 0) is 105 Å². The van der Waals surface area contributed by atoms with Gasteiger partial charge in [-0.3, -0.25) is 0 Å². The zero-order chi connectivity index (χ0) is 79.3. The topological polar surface area (TPSA) is 260 Å². The molecule has 0 aliphatic heterocycles. The lowest BCUT2D eigenvalue weighted by molar-refractivity contribution is -0.0439. The number of rotatable bonds is 67. The molecule has 0 atom stereocenters. The predicted molar refractivity (Wildman–Crippen MR) is 411 cm³/mol. The van der Waals surface area contributed by atoms with E-state index in [1.165, 1.54) is 0 Å². The van der Waals surface area contributed by atoms with Gasteiger partial charge in [0.05, 0.1) is 238 Å². The summed E-state index contributed by atoms with van der Waals surface area (Å²) >= 11 is 0. The monoisotopic (exact) mass is 1540 g/mol. The van der Waals surface area contributed by atoms with Crippen molar-refractivity contribution < 1.29 is 128 Å². The zero-order valence-corrected chi connectivity index (χ0v) is 69.2. The van der Waals surface area contributed by atoms with Gasteiger partial charge in [0, 0.05) is 6.07 Å². The van der Waals surface area contributed by atoms with Crippen molar-refractivity contribution in [2.24, 2.45) is 0 Å². The van der Waals surface area contributed by atoms with Crippen LogP contribution in [0.3, 0.4) is 0 Å². The van der Waals surface area contributed by atoms with Crippen molar-refractivity contribution >= 4 is 0 Å². The molecule has 0 aromatic heterocycles. The molecule has 0 aliphatic rings. The van der Waals surface area contributed by atoms with Gasteiger partial charge in [0.15, 0.2) is 23.0 Å². The summed E-state index contributed by atoms with van der Waals surface area (Å²) in [5.41, 5.74) is 0.378. The van der Waals surface area contributed by atoms with E-state index in [1.54, 1.807) is 18.2 Å². The zero-order valence-electron chi connectivity index (χ0n) is 69.2. The quantitative estimate of drug-likeness (QED) is 0.0515. The summed E-state index contributed by atoms with van der Waals surface area (Å²) in [6.45, 7) is 48.3. The molecule has 27 nitrogen and oxygen atoms in total.